The van der Waals surface area contributed by atoms with Crippen molar-refractivity contribution < 1.29 is 9.59 Å². The third-order valence-corrected chi connectivity index (χ3v) is 5.57. The number of hydrogen-bond donors (Lipinski definition) is 1. The van der Waals surface area contributed by atoms with Gasteiger partial charge in [-0.25, -0.2) is 0 Å². The molecule has 4 nitrogen and oxygen atoms in total. The molecule has 4 heteroatoms. The highest BCUT2D eigenvalue weighted by Gasteiger charge is 2.46. The first-order chi connectivity index (χ1) is 10.0. The van der Waals surface area contributed by atoms with Gasteiger partial charge in [-0.2, -0.15) is 0 Å². The first kappa shape index (κ1) is 16.3. The van der Waals surface area contributed by atoms with Crippen molar-refractivity contribution in [3.8, 4) is 0 Å². The third kappa shape index (κ3) is 3.24. The van der Waals surface area contributed by atoms with Crippen molar-refractivity contribution in [1.82, 2.24) is 10.2 Å². The fraction of sp³-hybridized carbons (Fsp3) is 0.882. The van der Waals surface area contributed by atoms with Crippen LogP contribution in [0.4, 0.5) is 0 Å². The fourth-order valence-electron chi connectivity index (χ4n) is 3.86. The molecular weight excluding hydrogens is 264 g/mol. The molecule has 0 spiro atoms. The van der Waals surface area contributed by atoms with E-state index < -0.39 is 5.54 Å². The van der Waals surface area contributed by atoms with Crippen LogP contribution in [0.1, 0.15) is 72.1 Å². The number of carbonyl (C=O) groups excluding carboxylic acids is 2. The zero-order chi connectivity index (χ0) is 15.5. The van der Waals surface area contributed by atoms with Crippen LogP contribution in [0.2, 0.25) is 0 Å². The van der Waals surface area contributed by atoms with Crippen molar-refractivity contribution in [2.24, 2.45) is 5.92 Å². The number of carbonyl (C=O) groups is 2. The molecule has 1 unspecified atom stereocenters. The van der Waals surface area contributed by atoms with Crippen LogP contribution in [0.3, 0.4) is 0 Å². The quantitative estimate of drug-likeness (QED) is 0.819. The molecule has 21 heavy (non-hydrogen) atoms. The number of hydrogen-bond acceptors (Lipinski definition) is 2. The summed E-state index contributed by atoms with van der Waals surface area (Å²) in [5.41, 5.74) is -0.670. The second-order valence-electron chi connectivity index (χ2n) is 6.75. The normalized spacial score (nSPS) is 26.2. The average molecular weight is 294 g/mol. The van der Waals surface area contributed by atoms with Crippen molar-refractivity contribution in [1.29, 1.82) is 0 Å². The van der Waals surface area contributed by atoms with Gasteiger partial charge in [0.15, 0.2) is 0 Å². The fourth-order valence-corrected chi connectivity index (χ4v) is 3.86. The van der Waals surface area contributed by atoms with Gasteiger partial charge < -0.3 is 10.2 Å². The predicted molar refractivity (Wildman–Crippen MR) is 83.8 cm³/mol. The number of nitrogens with zero attached hydrogens (tertiary/aromatic N) is 1. The predicted octanol–water partition coefficient (Wildman–Crippen LogP) is 2.86. The Hall–Kier alpha value is -1.06. The summed E-state index contributed by atoms with van der Waals surface area (Å²) in [6.07, 6.45) is 8.97. The second-order valence-corrected chi connectivity index (χ2v) is 6.75. The molecule has 1 atom stereocenters. The van der Waals surface area contributed by atoms with E-state index in [1.54, 1.807) is 0 Å². The zero-order valence-corrected chi connectivity index (χ0v) is 13.8. The van der Waals surface area contributed by atoms with Crippen molar-refractivity contribution >= 4 is 11.8 Å². The van der Waals surface area contributed by atoms with Crippen molar-refractivity contribution in [2.75, 3.05) is 6.54 Å². The first-order valence-electron chi connectivity index (χ1n) is 8.67. The summed E-state index contributed by atoms with van der Waals surface area (Å²) in [5, 5.41) is 2.96. The lowest BCUT2D eigenvalue weighted by molar-refractivity contribution is -0.154. The summed E-state index contributed by atoms with van der Waals surface area (Å²) in [6.45, 7) is 6.53. The number of piperazine rings is 1. The maximum Gasteiger partial charge on any atom is 0.248 e. The SMILES string of the molecule is CCC1(CC)NC(=O)C(C)N(CCCC2CCCC2)C1=O. The van der Waals surface area contributed by atoms with E-state index in [-0.39, 0.29) is 17.9 Å². The minimum absolute atomic E-state index is 0.000772. The molecule has 2 fully saturated rings. The monoisotopic (exact) mass is 294 g/mol. The molecule has 2 aliphatic rings. The smallest absolute Gasteiger partial charge is 0.248 e. The molecule has 0 bridgehead atoms. The van der Waals surface area contributed by atoms with Gasteiger partial charge in [0.25, 0.3) is 0 Å². The Kier molecular flexibility index (Phi) is 5.28. The number of amides is 2. The van der Waals surface area contributed by atoms with Crippen molar-refractivity contribution in [3.63, 3.8) is 0 Å². The van der Waals surface area contributed by atoms with Crippen LogP contribution in [-0.4, -0.2) is 34.8 Å². The van der Waals surface area contributed by atoms with Crippen molar-refractivity contribution in [3.05, 3.63) is 0 Å². The van der Waals surface area contributed by atoms with E-state index in [0.29, 0.717) is 12.8 Å². The molecule has 1 saturated carbocycles. The molecular formula is C17H30N2O2. The van der Waals surface area contributed by atoms with Gasteiger partial charge in [-0.15, -0.1) is 0 Å². The minimum atomic E-state index is -0.670. The first-order valence-corrected chi connectivity index (χ1v) is 8.67. The molecule has 0 radical (unpaired) electrons. The van der Waals surface area contributed by atoms with Gasteiger partial charge in [0.1, 0.15) is 11.6 Å². The highest BCUT2D eigenvalue weighted by molar-refractivity contribution is 5.99. The van der Waals surface area contributed by atoms with Crippen molar-refractivity contribution in [2.45, 2.75) is 83.7 Å². The highest BCUT2D eigenvalue weighted by atomic mass is 16.2. The average Bonchev–Trinajstić information content (AvgIpc) is 3.00. The summed E-state index contributed by atoms with van der Waals surface area (Å²) in [6, 6.07) is -0.327. The topological polar surface area (TPSA) is 49.4 Å². The van der Waals surface area contributed by atoms with E-state index >= 15 is 0 Å². The lowest BCUT2D eigenvalue weighted by atomic mass is 9.87. The van der Waals surface area contributed by atoms with E-state index in [1.165, 1.54) is 32.1 Å². The Morgan fingerprint density at radius 1 is 1.19 bits per heavy atom. The Labute approximate surface area is 128 Å². The molecule has 1 N–H and O–H groups in total. The maximum atomic E-state index is 12.8. The standard InChI is InChI=1S/C17H30N2O2/c1-4-17(5-2)16(21)19(13(3)15(20)18-17)12-8-11-14-9-6-7-10-14/h13-14H,4-12H2,1-3H3,(H,18,20). The lowest BCUT2D eigenvalue weighted by Crippen LogP contribution is -2.69. The van der Waals surface area contributed by atoms with Crippen LogP contribution >= 0.6 is 0 Å². The molecule has 1 aliphatic carbocycles. The van der Waals surface area contributed by atoms with Gasteiger partial charge in [-0.05, 0) is 38.5 Å². The Balaban J connectivity index is 1.97. The molecule has 2 rings (SSSR count). The van der Waals surface area contributed by atoms with Gasteiger partial charge in [-0.1, -0.05) is 39.5 Å². The summed E-state index contributed by atoms with van der Waals surface area (Å²) < 4.78 is 0. The number of rotatable bonds is 6. The largest absolute Gasteiger partial charge is 0.340 e. The molecule has 2 amide bonds. The van der Waals surface area contributed by atoms with Crippen LogP contribution in [0.15, 0.2) is 0 Å². The van der Waals surface area contributed by atoms with E-state index in [0.717, 1.165) is 18.9 Å². The molecule has 1 aliphatic heterocycles. The van der Waals surface area contributed by atoms with Gasteiger partial charge in [0.05, 0.1) is 0 Å². The van der Waals surface area contributed by atoms with Crippen LogP contribution in [0.5, 0.6) is 0 Å². The number of nitrogens with one attached hydrogen (secondary N) is 1. The molecule has 0 aromatic carbocycles. The van der Waals surface area contributed by atoms with Crippen LogP contribution in [0, 0.1) is 5.92 Å². The summed E-state index contributed by atoms with van der Waals surface area (Å²) in [5.74, 6) is 0.960. The summed E-state index contributed by atoms with van der Waals surface area (Å²) >= 11 is 0. The van der Waals surface area contributed by atoms with Crippen LogP contribution in [0.25, 0.3) is 0 Å². The Morgan fingerprint density at radius 2 is 1.81 bits per heavy atom. The summed E-state index contributed by atoms with van der Waals surface area (Å²) in [4.78, 5) is 26.8. The molecule has 0 aromatic heterocycles. The molecule has 1 heterocycles. The zero-order valence-electron chi connectivity index (χ0n) is 13.8. The summed E-state index contributed by atoms with van der Waals surface area (Å²) in [7, 11) is 0. The van der Waals surface area contributed by atoms with E-state index in [4.69, 9.17) is 0 Å². The molecule has 0 aromatic rings. The highest BCUT2D eigenvalue weighted by Crippen LogP contribution is 2.30. The third-order valence-electron chi connectivity index (χ3n) is 5.57. The molecule has 1 saturated heterocycles. The van der Waals surface area contributed by atoms with Gasteiger partial charge in [-0.3, -0.25) is 9.59 Å². The molecule has 120 valence electrons. The van der Waals surface area contributed by atoms with E-state index in [9.17, 15) is 9.59 Å². The maximum absolute atomic E-state index is 12.8. The van der Waals surface area contributed by atoms with E-state index in [1.807, 2.05) is 25.7 Å². The van der Waals surface area contributed by atoms with Gasteiger partial charge >= 0.3 is 0 Å². The Morgan fingerprint density at radius 3 is 2.38 bits per heavy atom. The minimum Gasteiger partial charge on any atom is -0.340 e. The van der Waals surface area contributed by atoms with E-state index in [2.05, 4.69) is 5.32 Å². The van der Waals surface area contributed by atoms with Gasteiger partial charge in [0.2, 0.25) is 11.8 Å². The van der Waals surface area contributed by atoms with Gasteiger partial charge in [0, 0.05) is 6.54 Å². The second kappa shape index (κ2) is 6.80. The lowest BCUT2D eigenvalue weighted by Gasteiger charge is -2.44. The van der Waals surface area contributed by atoms with Crippen LogP contribution in [-0.2, 0) is 9.59 Å². The Bertz CT molecular complexity index is 384. The van der Waals surface area contributed by atoms with Crippen LogP contribution < -0.4 is 5.32 Å².